The first-order valence-corrected chi connectivity index (χ1v) is 11.6. The van der Waals surface area contributed by atoms with Gasteiger partial charge in [-0.1, -0.05) is 35.9 Å². The number of pyridine rings is 1. The van der Waals surface area contributed by atoms with E-state index in [-0.39, 0.29) is 5.56 Å². The quantitative estimate of drug-likeness (QED) is 0.479. The van der Waals surface area contributed by atoms with Crippen LogP contribution in [0, 0.1) is 0 Å². The highest BCUT2D eigenvalue weighted by Gasteiger charge is 2.20. The van der Waals surface area contributed by atoms with Gasteiger partial charge in [0.25, 0.3) is 5.56 Å². The molecule has 1 aliphatic rings. The van der Waals surface area contributed by atoms with Crippen molar-refractivity contribution in [3.8, 4) is 0 Å². The van der Waals surface area contributed by atoms with Gasteiger partial charge in [0.05, 0.1) is 24.1 Å². The van der Waals surface area contributed by atoms with E-state index in [2.05, 4.69) is 57.9 Å². The third-order valence-corrected chi connectivity index (χ3v) is 6.28. The molecule has 4 heterocycles. The van der Waals surface area contributed by atoms with Crippen LogP contribution in [0.15, 0.2) is 65.4 Å². The van der Waals surface area contributed by atoms with Crippen LogP contribution in [0.4, 0.5) is 5.82 Å². The maximum Gasteiger partial charge on any atom is 0.278 e. The van der Waals surface area contributed by atoms with Crippen molar-refractivity contribution in [2.45, 2.75) is 33.4 Å². The number of hydrogen-bond acceptors (Lipinski definition) is 5. The van der Waals surface area contributed by atoms with Gasteiger partial charge in [0, 0.05) is 43.8 Å². The molecule has 1 fully saturated rings. The summed E-state index contributed by atoms with van der Waals surface area (Å²) in [7, 11) is 0. The van der Waals surface area contributed by atoms with Gasteiger partial charge < -0.3 is 14.8 Å². The summed E-state index contributed by atoms with van der Waals surface area (Å²) in [6.45, 7) is 9.06. The second-order valence-corrected chi connectivity index (χ2v) is 8.88. The Bertz CT molecular complexity index is 1370. The molecule has 7 heteroatoms. The van der Waals surface area contributed by atoms with Crippen molar-refractivity contribution in [2.24, 2.45) is 0 Å². The van der Waals surface area contributed by atoms with Gasteiger partial charge in [0.2, 0.25) is 0 Å². The number of rotatable bonds is 5. The number of aromatic nitrogens is 4. The molecule has 0 unspecified atom stereocenters. The lowest BCUT2D eigenvalue weighted by Gasteiger charge is -2.23. The van der Waals surface area contributed by atoms with E-state index < -0.39 is 0 Å². The number of anilines is 1. The summed E-state index contributed by atoms with van der Waals surface area (Å²) < 4.78 is 3.82. The Balaban J connectivity index is 1.62. The molecular weight excluding hydrogens is 412 g/mol. The van der Waals surface area contributed by atoms with Gasteiger partial charge in [-0.2, -0.15) is 0 Å². The summed E-state index contributed by atoms with van der Waals surface area (Å²) >= 11 is 0. The summed E-state index contributed by atoms with van der Waals surface area (Å²) in [5, 5.41) is 5.64. The van der Waals surface area contributed by atoms with E-state index in [0.29, 0.717) is 18.6 Å². The van der Waals surface area contributed by atoms with Crippen LogP contribution < -0.4 is 15.8 Å². The monoisotopic (exact) mass is 442 g/mol. The van der Waals surface area contributed by atoms with E-state index in [1.54, 1.807) is 17.1 Å². The molecule has 33 heavy (non-hydrogen) atoms. The minimum atomic E-state index is -0.0314. The molecule has 170 valence electrons. The number of benzene rings is 1. The summed E-state index contributed by atoms with van der Waals surface area (Å²) in [6, 6.07) is 12.2. The fourth-order valence-electron chi connectivity index (χ4n) is 4.54. The van der Waals surface area contributed by atoms with Crippen LogP contribution in [0.5, 0.6) is 0 Å². The second kappa shape index (κ2) is 9.19. The molecule has 0 aliphatic carbocycles. The third kappa shape index (κ3) is 4.28. The molecule has 0 atom stereocenters. The van der Waals surface area contributed by atoms with Gasteiger partial charge in [-0.25, -0.2) is 4.98 Å². The largest absolute Gasteiger partial charge is 0.357 e. The van der Waals surface area contributed by atoms with Crippen LogP contribution in [0.3, 0.4) is 0 Å². The average Bonchev–Trinajstić information content (AvgIpc) is 2.99. The Morgan fingerprint density at radius 3 is 2.88 bits per heavy atom. The molecule has 0 saturated carbocycles. The number of fused-ring (bicyclic) bond motifs is 2. The Labute approximate surface area is 193 Å². The standard InChI is InChI=1S/C26H30N6O/c1-19(2)9-14-32-24(30-13-5-10-27-12-15-30)16-22-25(32)26(33)31(18-29-22)17-23-21-7-4-3-6-20(21)8-11-28-23/h3-4,6-9,11,16,18,27H,5,10,12-15,17H2,1-2H3. The highest BCUT2D eigenvalue weighted by Crippen LogP contribution is 2.25. The Morgan fingerprint density at radius 2 is 2.00 bits per heavy atom. The molecule has 0 bridgehead atoms. The van der Waals surface area contributed by atoms with Crippen LogP contribution in [0.2, 0.25) is 0 Å². The molecule has 0 spiro atoms. The van der Waals surface area contributed by atoms with Crippen molar-refractivity contribution >= 4 is 27.6 Å². The third-order valence-electron chi connectivity index (χ3n) is 6.28. The first kappa shape index (κ1) is 21.4. The SMILES string of the molecule is CC(C)=CCn1c(N2CCCNCC2)cc2ncn(Cc3nccc4ccccc34)c(=O)c21. The van der Waals surface area contributed by atoms with Gasteiger partial charge in [0.1, 0.15) is 11.3 Å². The molecule has 1 N–H and O–H groups in total. The summed E-state index contributed by atoms with van der Waals surface area (Å²) in [6.07, 6.45) is 6.71. The summed E-state index contributed by atoms with van der Waals surface area (Å²) in [5.74, 6) is 1.07. The minimum Gasteiger partial charge on any atom is -0.357 e. The zero-order valence-electron chi connectivity index (χ0n) is 19.3. The lowest BCUT2D eigenvalue weighted by Crippen LogP contribution is -2.30. The molecule has 1 aromatic carbocycles. The molecule has 5 rings (SSSR count). The number of nitrogens with zero attached hydrogens (tertiary/aromatic N) is 5. The maximum atomic E-state index is 13.7. The van der Waals surface area contributed by atoms with Crippen molar-refractivity contribution in [1.82, 2.24) is 24.4 Å². The van der Waals surface area contributed by atoms with E-state index in [1.807, 2.05) is 18.2 Å². The van der Waals surface area contributed by atoms with Crippen molar-refractivity contribution < 1.29 is 0 Å². The zero-order valence-corrected chi connectivity index (χ0v) is 19.3. The van der Waals surface area contributed by atoms with E-state index in [0.717, 1.165) is 60.4 Å². The molecular formula is C26H30N6O. The first-order valence-electron chi connectivity index (χ1n) is 11.6. The Hall–Kier alpha value is -3.45. The normalized spacial score (nSPS) is 14.5. The van der Waals surface area contributed by atoms with E-state index >= 15 is 0 Å². The Morgan fingerprint density at radius 1 is 1.12 bits per heavy atom. The van der Waals surface area contributed by atoms with Gasteiger partial charge in [-0.15, -0.1) is 0 Å². The predicted molar refractivity (Wildman–Crippen MR) is 134 cm³/mol. The predicted octanol–water partition coefficient (Wildman–Crippen LogP) is 3.56. The molecule has 4 aromatic rings. The highest BCUT2D eigenvalue weighted by atomic mass is 16.1. The Kier molecular flexibility index (Phi) is 5.96. The van der Waals surface area contributed by atoms with E-state index in [1.165, 1.54) is 5.57 Å². The van der Waals surface area contributed by atoms with Gasteiger partial charge in [0.15, 0.2) is 0 Å². The van der Waals surface area contributed by atoms with Crippen LogP contribution >= 0.6 is 0 Å². The number of allylic oxidation sites excluding steroid dienone is 2. The average molecular weight is 443 g/mol. The van der Waals surface area contributed by atoms with Gasteiger partial charge >= 0.3 is 0 Å². The fourth-order valence-corrected chi connectivity index (χ4v) is 4.54. The second-order valence-electron chi connectivity index (χ2n) is 8.88. The first-order chi connectivity index (χ1) is 16.1. The lowest BCUT2D eigenvalue weighted by atomic mass is 10.1. The molecule has 0 amide bonds. The van der Waals surface area contributed by atoms with Crippen LogP contribution in [-0.4, -0.2) is 45.3 Å². The molecule has 1 saturated heterocycles. The molecule has 1 aliphatic heterocycles. The summed E-state index contributed by atoms with van der Waals surface area (Å²) in [4.78, 5) is 25.4. The van der Waals surface area contributed by atoms with Crippen molar-refractivity contribution in [3.63, 3.8) is 0 Å². The summed E-state index contributed by atoms with van der Waals surface area (Å²) in [5.41, 5.74) is 3.47. The smallest absolute Gasteiger partial charge is 0.278 e. The van der Waals surface area contributed by atoms with Crippen LogP contribution in [0.1, 0.15) is 26.0 Å². The van der Waals surface area contributed by atoms with E-state index in [9.17, 15) is 4.79 Å². The van der Waals surface area contributed by atoms with Crippen LogP contribution in [-0.2, 0) is 13.1 Å². The topological polar surface area (TPSA) is 68.0 Å². The zero-order chi connectivity index (χ0) is 22.8. The fraction of sp³-hybridized carbons (Fsp3) is 0.346. The minimum absolute atomic E-state index is 0.0314. The van der Waals surface area contributed by atoms with Gasteiger partial charge in [-0.05, 0) is 38.3 Å². The van der Waals surface area contributed by atoms with Gasteiger partial charge in [-0.3, -0.25) is 14.3 Å². The lowest BCUT2D eigenvalue weighted by molar-refractivity contribution is 0.716. The molecule has 3 aromatic heterocycles. The van der Waals surface area contributed by atoms with Crippen molar-refractivity contribution in [3.05, 3.63) is 76.6 Å². The molecule has 7 nitrogen and oxygen atoms in total. The van der Waals surface area contributed by atoms with Crippen LogP contribution in [0.25, 0.3) is 21.8 Å². The van der Waals surface area contributed by atoms with Crippen molar-refractivity contribution in [1.29, 1.82) is 0 Å². The molecule has 0 radical (unpaired) electrons. The van der Waals surface area contributed by atoms with Crippen molar-refractivity contribution in [2.75, 3.05) is 31.1 Å². The highest BCUT2D eigenvalue weighted by molar-refractivity contribution is 5.84. The number of nitrogens with one attached hydrogen (secondary N) is 1. The maximum absolute atomic E-state index is 13.7. The van der Waals surface area contributed by atoms with E-state index in [4.69, 9.17) is 4.98 Å². The number of hydrogen-bond donors (Lipinski definition) is 1.